The first-order valence-electron chi connectivity index (χ1n) is 5.18. The Morgan fingerprint density at radius 2 is 1.81 bits per heavy atom. The number of imidazole rings is 1. The van der Waals surface area contributed by atoms with E-state index in [4.69, 9.17) is 0 Å². The second-order valence-electron chi connectivity index (χ2n) is 3.76. The smallest absolute Gasteiger partial charge is 0.160 e. The molecule has 78 valence electrons. The first kappa shape index (κ1) is 9.09. The van der Waals surface area contributed by atoms with E-state index in [1.165, 1.54) is 0 Å². The number of aryl methyl sites for hydroxylation is 1. The van der Waals surface area contributed by atoms with E-state index in [0.717, 1.165) is 22.4 Å². The van der Waals surface area contributed by atoms with Gasteiger partial charge in [-0.1, -0.05) is 30.3 Å². The van der Waals surface area contributed by atoms with Crippen molar-refractivity contribution in [1.82, 2.24) is 14.5 Å². The maximum atomic E-state index is 4.61. The lowest BCUT2D eigenvalue weighted by Gasteiger charge is -2.01. The molecule has 3 rings (SSSR count). The van der Waals surface area contributed by atoms with E-state index >= 15 is 0 Å². The van der Waals surface area contributed by atoms with Gasteiger partial charge >= 0.3 is 0 Å². The minimum Gasteiger partial charge on any atom is -0.318 e. The van der Waals surface area contributed by atoms with Crippen LogP contribution in [0.3, 0.4) is 0 Å². The molecule has 2 heterocycles. The van der Waals surface area contributed by atoms with Gasteiger partial charge in [0.2, 0.25) is 0 Å². The molecule has 0 radical (unpaired) electrons. The lowest BCUT2D eigenvalue weighted by Crippen LogP contribution is -1.90. The minimum atomic E-state index is 0.918. The van der Waals surface area contributed by atoms with Crippen molar-refractivity contribution < 1.29 is 0 Å². The summed E-state index contributed by atoms with van der Waals surface area (Å²) in [4.78, 5) is 8.86. The van der Waals surface area contributed by atoms with Crippen molar-refractivity contribution >= 4 is 11.2 Å². The van der Waals surface area contributed by atoms with Crippen LogP contribution in [0.15, 0.2) is 48.8 Å². The predicted molar refractivity (Wildman–Crippen MR) is 63.9 cm³/mol. The van der Waals surface area contributed by atoms with Gasteiger partial charge in [-0.15, -0.1) is 0 Å². The van der Waals surface area contributed by atoms with Crippen LogP contribution in [-0.2, 0) is 7.05 Å². The molecule has 3 aromatic rings. The largest absolute Gasteiger partial charge is 0.318 e. The Bertz CT molecular complexity index is 626. The molecule has 0 aliphatic rings. The van der Waals surface area contributed by atoms with E-state index in [2.05, 4.69) is 22.1 Å². The predicted octanol–water partition coefficient (Wildman–Crippen LogP) is 2.64. The van der Waals surface area contributed by atoms with Gasteiger partial charge in [0, 0.05) is 12.6 Å². The molecular formula is C13H11N3. The molecule has 0 atom stereocenters. The van der Waals surface area contributed by atoms with Gasteiger partial charge < -0.3 is 4.57 Å². The Morgan fingerprint density at radius 3 is 2.62 bits per heavy atom. The van der Waals surface area contributed by atoms with Crippen LogP contribution in [0.4, 0.5) is 0 Å². The fourth-order valence-electron chi connectivity index (χ4n) is 1.77. The number of aromatic nitrogens is 3. The van der Waals surface area contributed by atoms with Crippen LogP contribution >= 0.6 is 0 Å². The van der Waals surface area contributed by atoms with Crippen molar-refractivity contribution in [3.8, 4) is 11.3 Å². The van der Waals surface area contributed by atoms with Crippen molar-refractivity contribution in [2.24, 2.45) is 7.05 Å². The lowest BCUT2D eigenvalue weighted by molar-refractivity contribution is 0.931. The molecule has 3 heteroatoms. The summed E-state index contributed by atoms with van der Waals surface area (Å²) in [6.07, 6.45) is 1.78. The highest BCUT2D eigenvalue weighted by Gasteiger charge is 2.03. The highest BCUT2D eigenvalue weighted by atomic mass is 15.1. The SMILES string of the molecule is Cn1cnc2ccc(-c3ccccc3)nc21. The number of rotatable bonds is 1. The quantitative estimate of drug-likeness (QED) is 0.616. The second-order valence-corrected chi connectivity index (χ2v) is 3.76. The first-order valence-corrected chi connectivity index (χ1v) is 5.18. The monoisotopic (exact) mass is 209 g/mol. The van der Waals surface area contributed by atoms with Crippen molar-refractivity contribution in [1.29, 1.82) is 0 Å². The normalized spacial score (nSPS) is 10.8. The van der Waals surface area contributed by atoms with E-state index in [9.17, 15) is 0 Å². The molecule has 0 bridgehead atoms. The van der Waals surface area contributed by atoms with Gasteiger partial charge in [0.05, 0.1) is 12.0 Å². The number of fused-ring (bicyclic) bond motifs is 1. The zero-order chi connectivity index (χ0) is 11.0. The molecule has 2 aromatic heterocycles. The van der Waals surface area contributed by atoms with Crippen LogP contribution in [0.2, 0.25) is 0 Å². The molecule has 0 saturated carbocycles. The molecule has 0 N–H and O–H groups in total. The molecule has 0 fully saturated rings. The number of hydrogen-bond donors (Lipinski definition) is 0. The second kappa shape index (κ2) is 3.45. The van der Waals surface area contributed by atoms with Gasteiger partial charge in [-0.3, -0.25) is 0 Å². The van der Waals surface area contributed by atoms with Crippen molar-refractivity contribution in [3.63, 3.8) is 0 Å². The topological polar surface area (TPSA) is 30.7 Å². The molecule has 3 nitrogen and oxygen atoms in total. The summed E-state index contributed by atoms with van der Waals surface area (Å²) in [5.74, 6) is 0. The van der Waals surface area contributed by atoms with Gasteiger partial charge in [0.15, 0.2) is 5.65 Å². The van der Waals surface area contributed by atoms with E-state index in [1.807, 2.05) is 41.9 Å². The molecule has 0 amide bonds. The van der Waals surface area contributed by atoms with Crippen molar-refractivity contribution in [3.05, 3.63) is 48.8 Å². The third-order valence-electron chi connectivity index (χ3n) is 2.63. The van der Waals surface area contributed by atoms with Gasteiger partial charge in [-0.2, -0.15) is 0 Å². The highest BCUT2D eigenvalue weighted by Crippen LogP contribution is 2.19. The van der Waals surface area contributed by atoms with Crippen LogP contribution in [0, 0.1) is 0 Å². The van der Waals surface area contributed by atoms with E-state index < -0.39 is 0 Å². The van der Waals surface area contributed by atoms with E-state index in [1.54, 1.807) is 6.33 Å². The van der Waals surface area contributed by atoms with Crippen molar-refractivity contribution in [2.45, 2.75) is 0 Å². The number of pyridine rings is 1. The highest BCUT2D eigenvalue weighted by molar-refractivity contribution is 5.75. The standard InChI is InChI=1S/C13H11N3/c1-16-9-14-12-8-7-11(15-13(12)16)10-5-3-2-4-6-10/h2-9H,1H3. The fraction of sp³-hybridized carbons (Fsp3) is 0.0769. The summed E-state index contributed by atoms with van der Waals surface area (Å²) < 4.78 is 1.93. The third-order valence-corrected chi connectivity index (χ3v) is 2.63. The molecule has 0 aliphatic heterocycles. The van der Waals surface area contributed by atoms with Gasteiger partial charge in [0.25, 0.3) is 0 Å². The summed E-state index contributed by atoms with van der Waals surface area (Å²) >= 11 is 0. The third kappa shape index (κ3) is 1.37. The fourth-order valence-corrected chi connectivity index (χ4v) is 1.77. The van der Waals surface area contributed by atoms with E-state index in [0.29, 0.717) is 0 Å². The molecule has 0 unspecified atom stereocenters. The summed E-state index contributed by atoms with van der Waals surface area (Å²) in [6.45, 7) is 0. The molecule has 16 heavy (non-hydrogen) atoms. The first-order chi connectivity index (χ1) is 7.84. The average molecular weight is 209 g/mol. The Morgan fingerprint density at radius 1 is 1.00 bits per heavy atom. The molecule has 0 aliphatic carbocycles. The molecule has 0 saturated heterocycles. The summed E-state index contributed by atoms with van der Waals surface area (Å²) in [7, 11) is 1.96. The van der Waals surface area contributed by atoms with E-state index in [-0.39, 0.29) is 0 Å². The Balaban J connectivity index is 2.22. The van der Waals surface area contributed by atoms with Gasteiger partial charge in [-0.25, -0.2) is 9.97 Å². The van der Waals surface area contributed by atoms with Gasteiger partial charge in [0.1, 0.15) is 5.52 Å². The van der Waals surface area contributed by atoms with Crippen LogP contribution < -0.4 is 0 Å². The van der Waals surface area contributed by atoms with Crippen molar-refractivity contribution in [2.75, 3.05) is 0 Å². The number of benzene rings is 1. The summed E-state index contributed by atoms with van der Waals surface area (Å²) in [5.41, 5.74) is 3.96. The van der Waals surface area contributed by atoms with Crippen LogP contribution in [0.1, 0.15) is 0 Å². The van der Waals surface area contributed by atoms with Gasteiger partial charge in [-0.05, 0) is 12.1 Å². The Kier molecular flexibility index (Phi) is 1.96. The maximum Gasteiger partial charge on any atom is 0.160 e. The minimum absolute atomic E-state index is 0.918. The van der Waals surface area contributed by atoms with Crippen LogP contribution in [0.5, 0.6) is 0 Å². The summed E-state index contributed by atoms with van der Waals surface area (Å²) in [5, 5.41) is 0. The lowest BCUT2D eigenvalue weighted by atomic mass is 10.1. The Labute approximate surface area is 93.4 Å². The number of hydrogen-bond acceptors (Lipinski definition) is 2. The number of nitrogens with zero attached hydrogens (tertiary/aromatic N) is 3. The van der Waals surface area contributed by atoms with Crippen LogP contribution in [0.25, 0.3) is 22.4 Å². The average Bonchev–Trinajstić information content (AvgIpc) is 2.72. The molecular weight excluding hydrogens is 198 g/mol. The maximum absolute atomic E-state index is 4.61. The van der Waals surface area contributed by atoms with Crippen LogP contribution in [-0.4, -0.2) is 14.5 Å². The zero-order valence-electron chi connectivity index (χ0n) is 8.96. The summed E-state index contributed by atoms with van der Waals surface area (Å²) in [6, 6.07) is 14.2. The molecule has 1 aromatic carbocycles. The molecule has 0 spiro atoms. The Hall–Kier alpha value is -2.16. The zero-order valence-corrected chi connectivity index (χ0v) is 8.96.